The molecule has 0 aromatic heterocycles. The van der Waals surface area contributed by atoms with E-state index in [0.29, 0.717) is 6.54 Å². The smallest absolute Gasteiger partial charge is 0.236 e. The topological polar surface area (TPSA) is 49.4 Å². The van der Waals surface area contributed by atoms with Gasteiger partial charge in [-0.2, -0.15) is 0 Å². The minimum absolute atomic E-state index is 0.166. The molecule has 0 fully saturated rings. The normalized spacial score (nSPS) is 10.3. The van der Waals surface area contributed by atoms with Gasteiger partial charge in [0.1, 0.15) is 6.42 Å². The molecule has 0 heterocycles. The molecule has 0 radical (unpaired) electrons. The SMILES string of the molecule is CCc1cccc(C)c1NC(=O)CC(=O)N(CC)c1ccccc1. The third-order valence-electron chi connectivity index (χ3n) is 4.00. The van der Waals surface area contributed by atoms with Crippen LogP contribution in [0.1, 0.15) is 31.4 Å². The Balaban J connectivity index is 2.08. The molecule has 2 aromatic carbocycles. The molecule has 0 unspecified atom stereocenters. The molecule has 4 heteroatoms. The van der Waals surface area contributed by atoms with Crippen molar-refractivity contribution in [3.8, 4) is 0 Å². The van der Waals surface area contributed by atoms with E-state index < -0.39 is 0 Å². The van der Waals surface area contributed by atoms with Crippen molar-refractivity contribution < 1.29 is 9.59 Å². The second kappa shape index (κ2) is 8.29. The quantitative estimate of drug-likeness (QED) is 0.818. The maximum Gasteiger partial charge on any atom is 0.236 e. The van der Waals surface area contributed by atoms with E-state index in [2.05, 4.69) is 5.32 Å². The van der Waals surface area contributed by atoms with Crippen molar-refractivity contribution in [2.45, 2.75) is 33.6 Å². The van der Waals surface area contributed by atoms with Gasteiger partial charge < -0.3 is 10.2 Å². The summed E-state index contributed by atoms with van der Waals surface area (Å²) in [5.41, 5.74) is 3.71. The summed E-state index contributed by atoms with van der Waals surface area (Å²) in [7, 11) is 0. The number of carbonyl (C=O) groups excluding carboxylic acids is 2. The van der Waals surface area contributed by atoms with E-state index in [4.69, 9.17) is 0 Å². The maximum absolute atomic E-state index is 12.5. The molecule has 4 nitrogen and oxygen atoms in total. The van der Waals surface area contributed by atoms with E-state index in [9.17, 15) is 9.59 Å². The van der Waals surface area contributed by atoms with Crippen molar-refractivity contribution in [3.05, 3.63) is 59.7 Å². The van der Waals surface area contributed by atoms with Crippen LogP contribution >= 0.6 is 0 Å². The molecular formula is C20H24N2O2. The van der Waals surface area contributed by atoms with Crippen molar-refractivity contribution >= 4 is 23.2 Å². The number of hydrogen-bond acceptors (Lipinski definition) is 2. The van der Waals surface area contributed by atoms with Crippen LogP contribution < -0.4 is 10.2 Å². The number of benzene rings is 2. The molecule has 2 amide bonds. The number of hydrogen-bond donors (Lipinski definition) is 1. The zero-order chi connectivity index (χ0) is 17.5. The summed E-state index contributed by atoms with van der Waals surface area (Å²) in [6.45, 7) is 6.43. The summed E-state index contributed by atoms with van der Waals surface area (Å²) in [6, 6.07) is 15.3. The average molecular weight is 324 g/mol. The molecule has 0 aliphatic carbocycles. The van der Waals surface area contributed by atoms with Crippen molar-refractivity contribution in [1.82, 2.24) is 0 Å². The van der Waals surface area contributed by atoms with Crippen LogP contribution in [-0.4, -0.2) is 18.4 Å². The number of nitrogens with zero attached hydrogens (tertiary/aromatic N) is 1. The molecule has 2 rings (SSSR count). The van der Waals surface area contributed by atoms with Gasteiger partial charge in [-0.05, 0) is 43.5 Å². The van der Waals surface area contributed by atoms with Crippen molar-refractivity contribution in [3.63, 3.8) is 0 Å². The van der Waals surface area contributed by atoms with Crippen molar-refractivity contribution in [2.24, 2.45) is 0 Å². The van der Waals surface area contributed by atoms with E-state index >= 15 is 0 Å². The zero-order valence-corrected chi connectivity index (χ0v) is 14.5. The molecule has 0 spiro atoms. The van der Waals surface area contributed by atoms with Crippen LogP contribution in [0.15, 0.2) is 48.5 Å². The fraction of sp³-hybridized carbons (Fsp3) is 0.300. The van der Waals surface area contributed by atoms with Gasteiger partial charge in [0.15, 0.2) is 0 Å². The lowest BCUT2D eigenvalue weighted by Crippen LogP contribution is -2.33. The van der Waals surface area contributed by atoms with Crippen LogP contribution in [0.5, 0.6) is 0 Å². The fourth-order valence-electron chi connectivity index (χ4n) is 2.73. The number of carbonyl (C=O) groups is 2. The highest BCUT2D eigenvalue weighted by Gasteiger charge is 2.18. The predicted molar refractivity (Wildman–Crippen MR) is 98.3 cm³/mol. The first-order chi connectivity index (χ1) is 11.6. The van der Waals surface area contributed by atoms with Crippen LogP contribution in [-0.2, 0) is 16.0 Å². The lowest BCUT2D eigenvalue weighted by atomic mass is 10.1. The standard InChI is InChI=1S/C20H24N2O2/c1-4-16-11-9-10-15(3)20(16)21-18(23)14-19(24)22(5-2)17-12-7-6-8-13-17/h6-13H,4-5,14H2,1-3H3,(H,21,23). The summed E-state index contributed by atoms with van der Waals surface area (Å²) in [5.74, 6) is -0.480. The van der Waals surface area contributed by atoms with Crippen LogP contribution in [0.3, 0.4) is 0 Å². The van der Waals surface area contributed by atoms with Crippen LogP contribution in [0.4, 0.5) is 11.4 Å². The van der Waals surface area contributed by atoms with Gasteiger partial charge in [-0.15, -0.1) is 0 Å². The molecule has 2 aromatic rings. The second-order valence-electron chi connectivity index (χ2n) is 5.66. The molecule has 126 valence electrons. The van der Waals surface area contributed by atoms with E-state index in [1.807, 2.05) is 69.3 Å². The number of amides is 2. The van der Waals surface area contributed by atoms with Crippen LogP contribution in [0.25, 0.3) is 0 Å². The second-order valence-corrected chi connectivity index (χ2v) is 5.66. The fourth-order valence-corrected chi connectivity index (χ4v) is 2.73. The first-order valence-electron chi connectivity index (χ1n) is 8.30. The first-order valence-corrected chi connectivity index (χ1v) is 8.30. The summed E-state index contributed by atoms with van der Waals surface area (Å²) in [4.78, 5) is 26.4. The molecule has 24 heavy (non-hydrogen) atoms. The highest BCUT2D eigenvalue weighted by molar-refractivity contribution is 6.09. The highest BCUT2D eigenvalue weighted by Crippen LogP contribution is 2.21. The van der Waals surface area contributed by atoms with Gasteiger partial charge in [-0.1, -0.05) is 43.3 Å². The number of aryl methyl sites for hydroxylation is 2. The predicted octanol–water partition coefficient (Wildman–Crippen LogP) is 3.94. The molecule has 0 atom stereocenters. The minimum atomic E-state index is -0.279. The first kappa shape index (κ1) is 17.7. The van der Waals surface area contributed by atoms with Gasteiger partial charge >= 0.3 is 0 Å². The Morgan fingerprint density at radius 2 is 1.71 bits per heavy atom. The molecular weight excluding hydrogens is 300 g/mol. The summed E-state index contributed by atoms with van der Waals surface area (Å²) < 4.78 is 0. The Labute approximate surface area is 143 Å². The molecule has 0 saturated carbocycles. The van der Waals surface area contributed by atoms with E-state index in [0.717, 1.165) is 28.9 Å². The van der Waals surface area contributed by atoms with E-state index in [1.165, 1.54) is 0 Å². The Morgan fingerprint density at radius 1 is 1.00 bits per heavy atom. The number of nitrogens with one attached hydrogen (secondary N) is 1. The third-order valence-corrected chi connectivity index (χ3v) is 4.00. The number of anilines is 2. The van der Waals surface area contributed by atoms with Gasteiger partial charge in [0.2, 0.25) is 11.8 Å². The van der Waals surface area contributed by atoms with Gasteiger partial charge in [-0.3, -0.25) is 9.59 Å². The largest absolute Gasteiger partial charge is 0.325 e. The van der Waals surface area contributed by atoms with Crippen molar-refractivity contribution in [2.75, 3.05) is 16.8 Å². The van der Waals surface area contributed by atoms with E-state index in [-0.39, 0.29) is 18.2 Å². The molecule has 0 saturated heterocycles. The van der Waals surface area contributed by atoms with Crippen LogP contribution in [0.2, 0.25) is 0 Å². The van der Waals surface area contributed by atoms with Gasteiger partial charge in [-0.25, -0.2) is 0 Å². The summed E-state index contributed by atoms with van der Waals surface area (Å²) in [5, 5.41) is 2.90. The average Bonchev–Trinajstić information content (AvgIpc) is 2.58. The van der Waals surface area contributed by atoms with Gasteiger partial charge in [0, 0.05) is 17.9 Å². The number of para-hydroxylation sites is 2. The molecule has 0 aliphatic rings. The van der Waals surface area contributed by atoms with Crippen molar-refractivity contribution in [1.29, 1.82) is 0 Å². The van der Waals surface area contributed by atoms with Crippen LogP contribution in [0, 0.1) is 6.92 Å². The molecule has 0 bridgehead atoms. The Morgan fingerprint density at radius 3 is 2.33 bits per heavy atom. The summed E-state index contributed by atoms with van der Waals surface area (Å²) in [6.07, 6.45) is 0.663. The number of rotatable bonds is 6. The third kappa shape index (κ3) is 4.22. The summed E-state index contributed by atoms with van der Waals surface area (Å²) >= 11 is 0. The lowest BCUT2D eigenvalue weighted by Gasteiger charge is -2.21. The lowest BCUT2D eigenvalue weighted by molar-refractivity contribution is -0.125. The minimum Gasteiger partial charge on any atom is -0.325 e. The zero-order valence-electron chi connectivity index (χ0n) is 14.5. The van der Waals surface area contributed by atoms with Gasteiger partial charge in [0.25, 0.3) is 0 Å². The van der Waals surface area contributed by atoms with E-state index in [1.54, 1.807) is 4.90 Å². The maximum atomic E-state index is 12.5. The Hall–Kier alpha value is -2.62. The Bertz CT molecular complexity index is 711. The monoisotopic (exact) mass is 324 g/mol. The molecule has 0 aliphatic heterocycles. The highest BCUT2D eigenvalue weighted by atomic mass is 16.2. The van der Waals surface area contributed by atoms with Gasteiger partial charge in [0.05, 0.1) is 0 Å². The molecule has 1 N–H and O–H groups in total. The Kier molecular flexibility index (Phi) is 6.13.